The molecule has 1 fully saturated rings. The van der Waals surface area contributed by atoms with Gasteiger partial charge in [0.2, 0.25) is 0 Å². The number of benzene rings is 1. The van der Waals surface area contributed by atoms with Gasteiger partial charge in [-0.15, -0.1) is 0 Å². The molecule has 0 bridgehead atoms. The van der Waals surface area contributed by atoms with Crippen molar-refractivity contribution in [3.8, 4) is 5.75 Å². The maximum atomic E-state index is 14.1. The van der Waals surface area contributed by atoms with Crippen molar-refractivity contribution in [1.82, 2.24) is 20.1 Å². The lowest BCUT2D eigenvalue weighted by atomic mass is 9.96. The number of carbonyl (C=O) groups excluding carboxylic acids is 1. The molecule has 4 rings (SSSR count). The zero-order chi connectivity index (χ0) is 17.2. The van der Waals surface area contributed by atoms with E-state index in [0.717, 1.165) is 37.9 Å². The van der Waals surface area contributed by atoms with Gasteiger partial charge in [-0.25, -0.2) is 18.9 Å². The van der Waals surface area contributed by atoms with E-state index in [2.05, 4.69) is 20.7 Å². The first kappa shape index (κ1) is 15.9. The van der Waals surface area contributed by atoms with E-state index in [9.17, 15) is 9.18 Å². The lowest BCUT2D eigenvalue weighted by Crippen LogP contribution is -2.43. The van der Waals surface area contributed by atoms with Crippen LogP contribution in [0.1, 0.15) is 31.5 Å². The number of nitrogens with zero attached hydrogens (tertiary/aromatic N) is 3. The molecule has 1 atom stereocenters. The maximum absolute atomic E-state index is 14.1. The molecule has 2 aliphatic rings. The smallest absolute Gasteiger partial charge is 0.319 e. The van der Waals surface area contributed by atoms with Gasteiger partial charge in [-0.05, 0) is 37.8 Å². The minimum absolute atomic E-state index is 0.0275. The van der Waals surface area contributed by atoms with Crippen LogP contribution in [0, 0.1) is 5.82 Å². The van der Waals surface area contributed by atoms with Crippen LogP contribution in [-0.4, -0.2) is 32.9 Å². The fourth-order valence-electron chi connectivity index (χ4n) is 3.05. The van der Waals surface area contributed by atoms with Crippen LogP contribution in [-0.2, 0) is 13.0 Å². The van der Waals surface area contributed by atoms with Crippen molar-refractivity contribution in [1.29, 1.82) is 0 Å². The van der Waals surface area contributed by atoms with Gasteiger partial charge < -0.3 is 15.4 Å². The summed E-state index contributed by atoms with van der Waals surface area (Å²) in [6.45, 7) is 0.589. The fourth-order valence-corrected chi connectivity index (χ4v) is 3.05. The summed E-state index contributed by atoms with van der Waals surface area (Å²) in [5.74, 6) is 0.707. The van der Waals surface area contributed by atoms with Crippen molar-refractivity contribution >= 4 is 11.7 Å². The number of hydrogen-bond donors (Lipinski definition) is 2. The Labute approximate surface area is 144 Å². The molecular weight excluding hydrogens is 325 g/mol. The number of halogens is 1. The van der Waals surface area contributed by atoms with Crippen LogP contribution in [0.3, 0.4) is 0 Å². The van der Waals surface area contributed by atoms with E-state index in [0.29, 0.717) is 12.2 Å². The normalized spacial score (nSPS) is 19.6. The van der Waals surface area contributed by atoms with Crippen molar-refractivity contribution in [2.75, 3.05) is 5.32 Å². The second-order valence-electron chi connectivity index (χ2n) is 6.51. The van der Waals surface area contributed by atoms with Gasteiger partial charge in [0.25, 0.3) is 0 Å². The lowest BCUT2D eigenvalue weighted by Gasteiger charge is -2.26. The van der Waals surface area contributed by atoms with Crippen LogP contribution >= 0.6 is 0 Å². The third-order valence-corrected chi connectivity index (χ3v) is 4.68. The predicted octanol–water partition coefficient (Wildman–Crippen LogP) is 2.49. The molecular formula is C17H20FN5O2. The highest BCUT2D eigenvalue weighted by molar-refractivity contribution is 5.89. The van der Waals surface area contributed by atoms with E-state index in [1.165, 1.54) is 12.4 Å². The molecule has 0 radical (unpaired) electrons. The zero-order valence-corrected chi connectivity index (χ0v) is 13.7. The number of ether oxygens (including phenoxy) is 1. The molecule has 1 aromatic carbocycles. The molecule has 2 N–H and O–H groups in total. The molecule has 25 heavy (non-hydrogen) atoms. The van der Waals surface area contributed by atoms with Gasteiger partial charge in [-0.3, -0.25) is 0 Å². The number of rotatable bonds is 4. The zero-order valence-electron chi connectivity index (χ0n) is 13.7. The summed E-state index contributed by atoms with van der Waals surface area (Å²) in [6.07, 6.45) is 6.27. The summed E-state index contributed by atoms with van der Waals surface area (Å²) in [4.78, 5) is 16.3. The molecule has 1 aliphatic carbocycles. The van der Waals surface area contributed by atoms with Crippen LogP contribution in [0.4, 0.5) is 14.9 Å². The molecule has 0 saturated heterocycles. The van der Waals surface area contributed by atoms with E-state index in [4.69, 9.17) is 4.74 Å². The summed E-state index contributed by atoms with van der Waals surface area (Å²) in [7, 11) is 0. The SMILES string of the molecule is O=C(Nc1ccc(OC2CCC2)c(F)c1)N[C@@H]1CCc2ncnn2C1. The molecule has 1 aliphatic heterocycles. The van der Waals surface area contributed by atoms with E-state index in [1.54, 1.807) is 16.8 Å². The molecule has 8 heteroatoms. The lowest BCUT2D eigenvalue weighted by molar-refractivity contribution is 0.115. The Morgan fingerprint density at radius 1 is 1.32 bits per heavy atom. The standard InChI is InChI=1S/C17H20FN5O2/c18-14-8-11(4-6-15(14)25-13-2-1-3-13)21-17(24)22-12-5-7-16-19-10-20-23(16)9-12/h4,6,8,10,12-13H,1-3,5,7,9H2,(H2,21,22,24)/t12-/m1/s1. The Balaban J connectivity index is 1.32. The number of carbonyl (C=O) groups is 1. The van der Waals surface area contributed by atoms with Gasteiger partial charge in [0.05, 0.1) is 18.7 Å². The Morgan fingerprint density at radius 2 is 2.20 bits per heavy atom. The van der Waals surface area contributed by atoms with Crippen LogP contribution < -0.4 is 15.4 Å². The van der Waals surface area contributed by atoms with E-state index in [1.807, 2.05) is 0 Å². The fraction of sp³-hybridized carbons (Fsp3) is 0.471. The number of anilines is 1. The summed E-state index contributed by atoms with van der Waals surface area (Å²) in [5.41, 5.74) is 0.396. The average Bonchev–Trinajstić information content (AvgIpc) is 3.00. The molecule has 0 unspecified atom stereocenters. The maximum Gasteiger partial charge on any atom is 0.319 e. The highest BCUT2D eigenvalue weighted by Crippen LogP contribution is 2.28. The number of urea groups is 1. The number of hydrogen-bond acceptors (Lipinski definition) is 4. The molecule has 1 aromatic heterocycles. The van der Waals surface area contributed by atoms with Crippen LogP contribution in [0.2, 0.25) is 0 Å². The summed E-state index contributed by atoms with van der Waals surface area (Å²) < 4.78 is 21.5. The molecule has 2 amide bonds. The first-order valence-electron chi connectivity index (χ1n) is 8.58. The number of aromatic nitrogens is 3. The van der Waals surface area contributed by atoms with E-state index < -0.39 is 5.82 Å². The predicted molar refractivity (Wildman–Crippen MR) is 89.0 cm³/mol. The molecule has 2 aromatic rings. The summed E-state index contributed by atoms with van der Waals surface area (Å²) in [6, 6.07) is 4.10. The van der Waals surface area contributed by atoms with Crippen LogP contribution in [0.5, 0.6) is 5.75 Å². The molecule has 7 nitrogen and oxygen atoms in total. The summed E-state index contributed by atoms with van der Waals surface area (Å²) >= 11 is 0. The third kappa shape index (κ3) is 3.57. The minimum Gasteiger partial charge on any atom is -0.487 e. The number of nitrogens with one attached hydrogen (secondary N) is 2. The number of fused-ring (bicyclic) bond motifs is 1. The van der Waals surface area contributed by atoms with Crippen molar-refractivity contribution in [2.45, 2.75) is 50.8 Å². The van der Waals surface area contributed by atoms with Crippen molar-refractivity contribution in [3.05, 3.63) is 36.2 Å². The minimum atomic E-state index is -0.463. The molecule has 0 spiro atoms. The first-order valence-corrected chi connectivity index (χ1v) is 8.58. The second-order valence-corrected chi connectivity index (χ2v) is 6.51. The topological polar surface area (TPSA) is 81.1 Å². The Bertz CT molecular complexity index is 774. The quantitative estimate of drug-likeness (QED) is 0.892. The first-order chi connectivity index (χ1) is 12.2. The average molecular weight is 345 g/mol. The Kier molecular flexibility index (Phi) is 4.25. The van der Waals surface area contributed by atoms with E-state index in [-0.39, 0.29) is 23.9 Å². The number of amides is 2. The third-order valence-electron chi connectivity index (χ3n) is 4.68. The largest absolute Gasteiger partial charge is 0.487 e. The van der Waals surface area contributed by atoms with Crippen molar-refractivity contribution in [3.63, 3.8) is 0 Å². The highest BCUT2D eigenvalue weighted by Gasteiger charge is 2.22. The van der Waals surface area contributed by atoms with Crippen LogP contribution in [0.25, 0.3) is 0 Å². The Morgan fingerprint density at radius 3 is 2.96 bits per heavy atom. The summed E-state index contributed by atoms with van der Waals surface area (Å²) in [5, 5.41) is 9.68. The van der Waals surface area contributed by atoms with Gasteiger partial charge in [0.15, 0.2) is 11.6 Å². The van der Waals surface area contributed by atoms with Gasteiger partial charge in [-0.1, -0.05) is 0 Å². The van der Waals surface area contributed by atoms with Crippen LogP contribution in [0.15, 0.2) is 24.5 Å². The van der Waals surface area contributed by atoms with Gasteiger partial charge >= 0.3 is 6.03 Å². The Hall–Kier alpha value is -2.64. The van der Waals surface area contributed by atoms with Gasteiger partial charge in [0.1, 0.15) is 12.2 Å². The van der Waals surface area contributed by atoms with Gasteiger partial charge in [-0.2, -0.15) is 5.10 Å². The molecule has 1 saturated carbocycles. The van der Waals surface area contributed by atoms with E-state index >= 15 is 0 Å². The monoisotopic (exact) mass is 345 g/mol. The number of aryl methyl sites for hydroxylation is 1. The van der Waals surface area contributed by atoms with Crippen molar-refractivity contribution < 1.29 is 13.9 Å². The second kappa shape index (κ2) is 6.70. The molecule has 2 heterocycles. The van der Waals surface area contributed by atoms with Crippen molar-refractivity contribution in [2.24, 2.45) is 0 Å². The van der Waals surface area contributed by atoms with Gasteiger partial charge in [0, 0.05) is 18.2 Å². The molecule has 132 valence electrons. The highest BCUT2D eigenvalue weighted by atomic mass is 19.1.